The van der Waals surface area contributed by atoms with Gasteiger partial charge in [0.1, 0.15) is 16.9 Å². The molecule has 30 heavy (non-hydrogen) atoms. The molecule has 0 saturated heterocycles. The predicted octanol–water partition coefficient (Wildman–Crippen LogP) is 3.08. The lowest BCUT2D eigenvalue weighted by molar-refractivity contribution is -0.157. The number of carbonyl (C=O) groups excluding carboxylic acids is 2. The summed E-state index contributed by atoms with van der Waals surface area (Å²) in [5.41, 5.74) is 0.416. The summed E-state index contributed by atoms with van der Waals surface area (Å²) in [7, 11) is 5.72. The molecule has 0 radical (unpaired) electrons. The first kappa shape index (κ1) is 21.1. The Morgan fingerprint density at radius 1 is 0.933 bits per heavy atom. The third-order valence-corrected chi connectivity index (χ3v) is 4.94. The monoisotopic (exact) mass is 409 g/mol. The lowest BCUT2D eigenvalue weighted by Gasteiger charge is -2.33. The van der Waals surface area contributed by atoms with Crippen LogP contribution in [0.15, 0.2) is 72.0 Å². The van der Waals surface area contributed by atoms with E-state index in [0.717, 1.165) is 16.9 Å². The summed E-state index contributed by atoms with van der Waals surface area (Å²) in [6.07, 6.45) is 3.64. The molecule has 0 fully saturated rings. The van der Waals surface area contributed by atoms with Crippen molar-refractivity contribution in [1.82, 2.24) is 5.06 Å². The van der Waals surface area contributed by atoms with Crippen LogP contribution in [0, 0.1) is 0 Å². The van der Waals surface area contributed by atoms with Gasteiger partial charge in [-0.05, 0) is 23.3 Å². The Labute approximate surface area is 175 Å². The van der Waals surface area contributed by atoms with Crippen molar-refractivity contribution in [3.8, 4) is 5.75 Å². The number of hydrogen-bond donors (Lipinski definition) is 0. The number of esters is 2. The summed E-state index contributed by atoms with van der Waals surface area (Å²) >= 11 is 0. The van der Waals surface area contributed by atoms with Gasteiger partial charge in [-0.15, -0.1) is 5.06 Å². The SMILES string of the molecule is COC(=O)C1=C(C(=O)OC)C(/C=C/c2ccc(OC)cc2)(c2ccccc2)N(C)O1. The minimum atomic E-state index is -1.21. The number of ether oxygens (including phenoxy) is 3. The van der Waals surface area contributed by atoms with Gasteiger partial charge in [-0.2, -0.15) is 0 Å². The minimum absolute atomic E-state index is 0.0373. The van der Waals surface area contributed by atoms with Crippen molar-refractivity contribution in [2.24, 2.45) is 0 Å². The molecule has 7 heteroatoms. The molecule has 7 nitrogen and oxygen atoms in total. The fraction of sp³-hybridized carbons (Fsp3) is 0.217. The molecule has 2 aromatic rings. The number of likely N-dealkylation sites (N-methyl/N-ethyl adjacent to an activating group) is 1. The fourth-order valence-corrected chi connectivity index (χ4v) is 3.40. The molecule has 0 saturated carbocycles. The van der Waals surface area contributed by atoms with Gasteiger partial charge in [-0.1, -0.05) is 54.6 Å². The minimum Gasteiger partial charge on any atom is -0.497 e. The van der Waals surface area contributed by atoms with Crippen molar-refractivity contribution >= 4 is 18.0 Å². The Morgan fingerprint density at radius 2 is 1.57 bits per heavy atom. The second kappa shape index (κ2) is 8.84. The molecular weight excluding hydrogens is 386 g/mol. The largest absolute Gasteiger partial charge is 0.497 e. The van der Waals surface area contributed by atoms with E-state index in [4.69, 9.17) is 19.0 Å². The molecule has 0 bridgehead atoms. The zero-order valence-corrected chi connectivity index (χ0v) is 17.2. The Hall–Kier alpha value is -3.58. The molecule has 0 spiro atoms. The van der Waals surface area contributed by atoms with Crippen LogP contribution in [0.5, 0.6) is 5.75 Å². The summed E-state index contributed by atoms with van der Waals surface area (Å²) in [5.74, 6) is -0.940. The van der Waals surface area contributed by atoms with Crippen LogP contribution in [0.2, 0.25) is 0 Å². The molecule has 1 unspecified atom stereocenters. The molecule has 0 aromatic heterocycles. The van der Waals surface area contributed by atoms with Crippen LogP contribution in [-0.2, 0) is 29.4 Å². The van der Waals surface area contributed by atoms with Gasteiger partial charge in [0.15, 0.2) is 0 Å². The van der Waals surface area contributed by atoms with Crippen LogP contribution in [0.4, 0.5) is 0 Å². The zero-order chi connectivity index (χ0) is 21.7. The molecular formula is C23H23NO6. The van der Waals surface area contributed by atoms with Crippen molar-refractivity contribution in [2.75, 3.05) is 28.4 Å². The summed E-state index contributed by atoms with van der Waals surface area (Å²) in [6, 6.07) is 16.7. The molecule has 1 aliphatic rings. The van der Waals surface area contributed by atoms with Gasteiger partial charge in [0.2, 0.25) is 5.76 Å². The number of nitrogens with zero attached hydrogens (tertiary/aromatic N) is 1. The van der Waals surface area contributed by atoms with E-state index in [9.17, 15) is 9.59 Å². The third kappa shape index (κ3) is 3.67. The summed E-state index contributed by atoms with van der Waals surface area (Å²) in [5, 5.41) is 1.45. The molecule has 1 heterocycles. The number of rotatable bonds is 6. The Kier molecular flexibility index (Phi) is 6.23. The van der Waals surface area contributed by atoms with Crippen LogP contribution in [-0.4, -0.2) is 45.4 Å². The number of methoxy groups -OCH3 is 3. The van der Waals surface area contributed by atoms with E-state index in [1.165, 1.54) is 19.3 Å². The number of carbonyl (C=O) groups is 2. The Bertz CT molecular complexity index is 981. The highest BCUT2D eigenvalue weighted by molar-refractivity contribution is 6.02. The highest BCUT2D eigenvalue weighted by Gasteiger charge is 2.53. The maximum absolute atomic E-state index is 12.8. The third-order valence-electron chi connectivity index (χ3n) is 4.94. The van der Waals surface area contributed by atoms with E-state index in [1.807, 2.05) is 60.7 Å². The Balaban J connectivity index is 2.22. The van der Waals surface area contributed by atoms with Crippen molar-refractivity contribution < 1.29 is 28.6 Å². The summed E-state index contributed by atoms with van der Waals surface area (Å²) in [6.45, 7) is 0. The topological polar surface area (TPSA) is 74.3 Å². The van der Waals surface area contributed by atoms with Crippen molar-refractivity contribution in [3.63, 3.8) is 0 Å². The van der Waals surface area contributed by atoms with Gasteiger partial charge in [-0.3, -0.25) is 0 Å². The van der Waals surface area contributed by atoms with E-state index in [-0.39, 0.29) is 11.3 Å². The van der Waals surface area contributed by atoms with Crippen LogP contribution < -0.4 is 4.74 Å². The van der Waals surface area contributed by atoms with Gasteiger partial charge in [-0.25, -0.2) is 9.59 Å². The highest BCUT2D eigenvalue weighted by atomic mass is 16.7. The quantitative estimate of drug-likeness (QED) is 0.679. The summed E-state index contributed by atoms with van der Waals surface area (Å²) in [4.78, 5) is 30.9. The van der Waals surface area contributed by atoms with Gasteiger partial charge < -0.3 is 19.0 Å². The maximum atomic E-state index is 12.8. The Morgan fingerprint density at radius 3 is 2.13 bits per heavy atom. The molecule has 0 amide bonds. The smallest absolute Gasteiger partial charge is 0.376 e. The average molecular weight is 409 g/mol. The molecule has 0 N–H and O–H groups in total. The first-order valence-corrected chi connectivity index (χ1v) is 9.20. The van der Waals surface area contributed by atoms with E-state index in [0.29, 0.717) is 0 Å². The van der Waals surface area contributed by atoms with Crippen LogP contribution in [0.3, 0.4) is 0 Å². The maximum Gasteiger partial charge on any atom is 0.376 e. The zero-order valence-electron chi connectivity index (χ0n) is 17.2. The predicted molar refractivity (Wildman–Crippen MR) is 110 cm³/mol. The molecule has 156 valence electrons. The van der Waals surface area contributed by atoms with Gasteiger partial charge >= 0.3 is 11.9 Å². The lowest BCUT2D eigenvalue weighted by Crippen LogP contribution is -2.41. The number of hydroxylamine groups is 2. The lowest BCUT2D eigenvalue weighted by atomic mass is 9.81. The second-order valence-electron chi connectivity index (χ2n) is 6.51. The van der Waals surface area contributed by atoms with Crippen molar-refractivity contribution in [1.29, 1.82) is 0 Å². The van der Waals surface area contributed by atoms with Gasteiger partial charge in [0, 0.05) is 7.05 Å². The summed E-state index contributed by atoms with van der Waals surface area (Å²) < 4.78 is 15.0. The highest BCUT2D eigenvalue weighted by Crippen LogP contribution is 2.45. The first-order valence-electron chi connectivity index (χ1n) is 9.20. The number of hydrogen-bond acceptors (Lipinski definition) is 7. The van der Waals surface area contributed by atoms with E-state index in [1.54, 1.807) is 20.2 Å². The molecule has 0 aliphatic carbocycles. The fourth-order valence-electron chi connectivity index (χ4n) is 3.40. The van der Waals surface area contributed by atoms with E-state index < -0.39 is 17.5 Å². The average Bonchev–Trinajstić information content (AvgIpc) is 3.10. The van der Waals surface area contributed by atoms with Gasteiger partial charge in [0.05, 0.1) is 21.3 Å². The van der Waals surface area contributed by atoms with E-state index in [2.05, 4.69) is 0 Å². The first-order chi connectivity index (χ1) is 14.5. The van der Waals surface area contributed by atoms with Gasteiger partial charge in [0.25, 0.3) is 0 Å². The standard InChI is InChI=1S/C23H23NO6/c1-24-23(17-8-6-5-7-9-17,15-14-16-10-12-18(27-2)13-11-16)19(21(25)28-3)20(30-24)22(26)29-4/h5-15H,1-4H3/b15-14+. The molecule has 3 rings (SSSR count). The normalized spacial score (nSPS) is 18.9. The van der Waals surface area contributed by atoms with Crippen LogP contribution in [0.25, 0.3) is 6.08 Å². The molecule has 1 atom stereocenters. The van der Waals surface area contributed by atoms with Crippen molar-refractivity contribution in [2.45, 2.75) is 5.54 Å². The van der Waals surface area contributed by atoms with E-state index >= 15 is 0 Å². The van der Waals surface area contributed by atoms with Crippen LogP contribution in [0.1, 0.15) is 11.1 Å². The number of benzene rings is 2. The second-order valence-corrected chi connectivity index (χ2v) is 6.51. The molecule has 1 aliphatic heterocycles. The molecule has 2 aromatic carbocycles. The van der Waals surface area contributed by atoms with Crippen molar-refractivity contribution in [3.05, 3.63) is 83.1 Å². The van der Waals surface area contributed by atoms with Crippen LogP contribution >= 0.6 is 0 Å².